The summed E-state index contributed by atoms with van der Waals surface area (Å²) in [5.74, 6) is -1.11. The Balaban J connectivity index is 1.66. The van der Waals surface area contributed by atoms with Crippen molar-refractivity contribution in [1.29, 1.82) is 0 Å². The molecule has 0 radical (unpaired) electrons. The fourth-order valence-corrected chi connectivity index (χ4v) is 3.68. The third-order valence-electron chi connectivity index (χ3n) is 5.40. The van der Waals surface area contributed by atoms with Gasteiger partial charge in [0.25, 0.3) is 0 Å². The number of carbonyl (C=O) groups excluding carboxylic acids is 3. The number of piperidine rings is 1. The lowest BCUT2D eigenvalue weighted by Gasteiger charge is -2.33. The zero-order chi connectivity index (χ0) is 21.1. The van der Waals surface area contributed by atoms with Crippen LogP contribution in [0.4, 0.5) is 20.6 Å². The van der Waals surface area contributed by atoms with Crippen molar-refractivity contribution in [2.45, 2.75) is 38.8 Å². The first-order valence-corrected chi connectivity index (χ1v) is 9.77. The Bertz CT molecular complexity index is 794. The largest absolute Gasteiger partial charge is 0.466 e. The van der Waals surface area contributed by atoms with Gasteiger partial charge in [0.05, 0.1) is 30.4 Å². The van der Waals surface area contributed by atoms with Crippen LogP contribution in [0.25, 0.3) is 0 Å². The second-order valence-electron chi connectivity index (χ2n) is 7.32. The van der Waals surface area contributed by atoms with Gasteiger partial charge in [0.2, 0.25) is 0 Å². The van der Waals surface area contributed by atoms with Crippen LogP contribution in [0.2, 0.25) is 0 Å². The molecule has 1 amide bonds. The van der Waals surface area contributed by atoms with Crippen LogP contribution in [0.1, 0.15) is 26.7 Å². The highest BCUT2D eigenvalue weighted by Crippen LogP contribution is 2.31. The number of carbonyl (C=O) groups is 3. The quantitative estimate of drug-likeness (QED) is 0.718. The van der Waals surface area contributed by atoms with E-state index in [1.165, 1.54) is 17.9 Å². The van der Waals surface area contributed by atoms with Crippen molar-refractivity contribution >= 4 is 29.2 Å². The molecule has 2 atom stereocenters. The molecule has 3 rings (SSSR count). The Morgan fingerprint density at radius 2 is 2.03 bits per heavy atom. The number of anilines is 2. The second-order valence-corrected chi connectivity index (χ2v) is 7.32. The molecule has 0 spiro atoms. The minimum atomic E-state index is -0.909. The molecule has 2 unspecified atom stereocenters. The number of rotatable bonds is 6. The maximum atomic E-state index is 14.8. The van der Waals surface area contributed by atoms with Gasteiger partial charge in [-0.25, -0.2) is 9.18 Å². The first kappa shape index (κ1) is 21.0. The Labute approximate surface area is 168 Å². The molecule has 2 N–H and O–H groups in total. The normalized spacial score (nSPS) is 21.1. The van der Waals surface area contributed by atoms with E-state index in [0.29, 0.717) is 43.9 Å². The monoisotopic (exact) mass is 407 g/mol. The van der Waals surface area contributed by atoms with Gasteiger partial charge < -0.3 is 20.1 Å². The van der Waals surface area contributed by atoms with Crippen molar-refractivity contribution in [3.05, 3.63) is 24.0 Å². The summed E-state index contributed by atoms with van der Waals surface area (Å²) in [7, 11) is 0. The molecule has 0 saturated carbocycles. The molecule has 0 aromatic heterocycles. The minimum absolute atomic E-state index is 0.0866. The average molecular weight is 407 g/mol. The van der Waals surface area contributed by atoms with Crippen LogP contribution in [0.3, 0.4) is 0 Å². The summed E-state index contributed by atoms with van der Waals surface area (Å²) in [4.78, 5) is 38.6. The van der Waals surface area contributed by atoms with Crippen LogP contribution in [0.5, 0.6) is 0 Å². The fourth-order valence-electron chi connectivity index (χ4n) is 3.68. The van der Waals surface area contributed by atoms with Gasteiger partial charge in [0.1, 0.15) is 23.7 Å². The average Bonchev–Trinajstić information content (AvgIpc) is 3.09. The standard InChI is InChI=1S/C20H26FN3O5/c1-3-28-19(26)13-6-8-23(9-7-13)16-5-4-14(10-15(16)21)24-11-17(29-20(24)27)18(22)12(2)25/h4-5,10,13,17-18H,3,6-9,11,22H2,1-2H3. The zero-order valence-electron chi connectivity index (χ0n) is 16.6. The van der Waals surface area contributed by atoms with E-state index in [1.54, 1.807) is 19.1 Å². The number of hydrogen-bond acceptors (Lipinski definition) is 7. The van der Waals surface area contributed by atoms with Crippen molar-refractivity contribution in [2.24, 2.45) is 11.7 Å². The predicted molar refractivity (Wildman–Crippen MR) is 104 cm³/mol. The van der Waals surface area contributed by atoms with E-state index in [2.05, 4.69) is 0 Å². The number of hydrogen-bond donors (Lipinski definition) is 1. The summed E-state index contributed by atoms with van der Waals surface area (Å²) in [5, 5.41) is 0. The van der Waals surface area contributed by atoms with Gasteiger partial charge in [-0.2, -0.15) is 0 Å². The number of halogens is 1. The summed E-state index contributed by atoms with van der Waals surface area (Å²) < 4.78 is 25.0. The predicted octanol–water partition coefficient (Wildman–Crippen LogP) is 1.85. The van der Waals surface area contributed by atoms with Gasteiger partial charge in [0.15, 0.2) is 0 Å². The van der Waals surface area contributed by atoms with Gasteiger partial charge in [-0.15, -0.1) is 0 Å². The van der Waals surface area contributed by atoms with E-state index >= 15 is 0 Å². The Kier molecular flexibility index (Phi) is 6.36. The van der Waals surface area contributed by atoms with Gasteiger partial charge in [-0.1, -0.05) is 0 Å². The van der Waals surface area contributed by atoms with Crippen LogP contribution < -0.4 is 15.5 Å². The van der Waals surface area contributed by atoms with Crippen molar-refractivity contribution in [2.75, 3.05) is 36.0 Å². The lowest BCUT2D eigenvalue weighted by atomic mass is 9.96. The Morgan fingerprint density at radius 1 is 1.34 bits per heavy atom. The highest BCUT2D eigenvalue weighted by Gasteiger charge is 2.38. The molecule has 2 saturated heterocycles. The van der Waals surface area contributed by atoms with E-state index in [9.17, 15) is 18.8 Å². The number of cyclic esters (lactones) is 1. The molecule has 1 aromatic carbocycles. The zero-order valence-corrected chi connectivity index (χ0v) is 16.6. The molecule has 2 heterocycles. The molecular weight excluding hydrogens is 381 g/mol. The summed E-state index contributed by atoms with van der Waals surface area (Å²) in [6, 6.07) is 3.61. The van der Waals surface area contributed by atoms with Crippen LogP contribution in [-0.4, -0.2) is 56.2 Å². The summed E-state index contributed by atoms with van der Waals surface area (Å²) >= 11 is 0. The highest BCUT2D eigenvalue weighted by atomic mass is 19.1. The molecule has 2 aliphatic heterocycles. The van der Waals surface area contributed by atoms with E-state index < -0.39 is 24.1 Å². The first-order chi connectivity index (χ1) is 13.8. The molecule has 1 aromatic rings. The SMILES string of the molecule is CCOC(=O)C1CCN(c2ccc(N3CC(C(N)C(C)=O)OC3=O)cc2F)CC1. The van der Waals surface area contributed by atoms with Crippen LogP contribution in [-0.2, 0) is 19.1 Å². The van der Waals surface area contributed by atoms with Gasteiger partial charge >= 0.3 is 12.1 Å². The Morgan fingerprint density at radius 3 is 2.62 bits per heavy atom. The molecule has 2 aliphatic rings. The van der Waals surface area contributed by atoms with Crippen LogP contribution in [0, 0.1) is 11.7 Å². The molecule has 9 heteroatoms. The van der Waals surface area contributed by atoms with E-state index in [1.807, 2.05) is 4.90 Å². The fraction of sp³-hybridized carbons (Fsp3) is 0.550. The van der Waals surface area contributed by atoms with Crippen molar-refractivity contribution in [3.63, 3.8) is 0 Å². The third kappa shape index (κ3) is 4.50. The van der Waals surface area contributed by atoms with E-state index in [0.717, 1.165) is 0 Å². The van der Waals surface area contributed by atoms with Crippen molar-refractivity contribution in [3.8, 4) is 0 Å². The maximum absolute atomic E-state index is 14.8. The maximum Gasteiger partial charge on any atom is 0.414 e. The third-order valence-corrected chi connectivity index (χ3v) is 5.40. The molecule has 0 aliphatic carbocycles. The molecule has 158 valence electrons. The smallest absolute Gasteiger partial charge is 0.414 e. The van der Waals surface area contributed by atoms with Gasteiger partial charge in [-0.05, 0) is 44.9 Å². The number of nitrogens with two attached hydrogens (primary N) is 1. The summed E-state index contributed by atoms with van der Waals surface area (Å²) in [6.07, 6.45) is -0.217. The molecule has 2 fully saturated rings. The van der Waals surface area contributed by atoms with Crippen molar-refractivity contribution < 1.29 is 28.2 Å². The first-order valence-electron chi connectivity index (χ1n) is 9.77. The van der Waals surface area contributed by atoms with Crippen molar-refractivity contribution in [1.82, 2.24) is 0 Å². The molecule has 0 bridgehead atoms. The molecular formula is C20H26FN3O5. The minimum Gasteiger partial charge on any atom is -0.466 e. The number of benzene rings is 1. The number of amides is 1. The number of ketones is 1. The topological polar surface area (TPSA) is 102 Å². The molecule has 8 nitrogen and oxygen atoms in total. The Hall–Kier alpha value is -2.68. The summed E-state index contributed by atoms with van der Waals surface area (Å²) in [6.45, 7) is 4.63. The van der Waals surface area contributed by atoms with Gasteiger partial charge in [-0.3, -0.25) is 14.5 Å². The van der Waals surface area contributed by atoms with E-state index in [-0.39, 0.29) is 24.2 Å². The highest BCUT2D eigenvalue weighted by molar-refractivity contribution is 5.91. The van der Waals surface area contributed by atoms with E-state index in [4.69, 9.17) is 15.2 Å². The van der Waals surface area contributed by atoms with Gasteiger partial charge in [0, 0.05) is 13.1 Å². The summed E-state index contributed by atoms with van der Waals surface area (Å²) in [5.41, 5.74) is 6.52. The number of nitrogens with zero attached hydrogens (tertiary/aromatic N) is 2. The second kappa shape index (κ2) is 8.77. The number of Topliss-reactive ketones (excluding diaryl/α,β-unsaturated/α-hetero) is 1. The number of ether oxygens (including phenoxy) is 2. The van der Waals surface area contributed by atoms with Crippen LogP contribution in [0.15, 0.2) is 18.2 Å². The lowest BCUT2D eigenvalue weighted by Crippen LogP contribution is -2.43. The number of esters is 1. The lowest BCUT2D eigenvalue weighted by molar-refractivity contribution is -0.148. The molecule has 29 heavy (non-hydrogen) atoms. The van der Waals surface area contributed by atoms with Crippen LogP contribution >= 0.6 is 0 Å².